The van der Waals surface area contributed by atoms with E-state index in [1.807, 2.05) is 36.2 Å². The Labute approximate surface area is 66.0 Å². The molecule has 1 rings (SSSR count). The Hall–Kier alpha value is -1.19. The number of carbonyl (C=O) groups excluding carboxylic acids is 1. The fourth-order valence-corrected chi connectivity index (χ4v) is 1.06. The van der Waals surface area contributed by atoms with Crippen molar-refractivity contribution in [2.75, 3.05) is 13.6 Å². The Morgan fingerprint density at radius 1 is 1.64 bits per heavy atom. The van der Waals surface area contributed by atoms with Gasteiger partial charge in [-0.05, 0) is 6.92 Å². The lowest BCUT2D eigenvalue weighted by Crippen LogP contribution is -2.38. The smallest absolute Gasteiger partial charge is 0.296 e. The molecule has 0 aromatic rings. The largest absolute Gasteiger partial charge is 0.425 e. The van der Waals surface area contributed by atoms with Crippen LogP contribution in [0.25, 0.3) is 0 Å². The fraction of sp³-hybridized carbons (Fsp3) is 0.571. The highest BCUT2D eigenvalue weighted by atomic mass is 16.6. The van der Waals surface area contributed by atoms with E-state index in [1.54, 1.807) is 0 Å². The van der Waals surface area contributed by atoms with Crippen LogP contribution in [0.15, 0.2) is 12.4 Å². The van der Waals surface area contributed by atoms with Gasteiger partial charge in [0.25, 0.3) is 12.8 Å². The van der Waals surface area contributed by atoms with Crippen LogP contribution >= 0.6 is 0 Å². The molecule has 0 spiro atoms. The molecule has 0 aliphatic carbocycles. The third-order valence-electron chi connectivity index (χ3n) is 1.67. The van der Waals surface area contributed by atoms with Crippen LogP contribution in [0.3, 0.4) is 0 Å². The second kappa shape index (κ2) is 3.27. The zero-order valence-electron chi connectivity index (χ0n) is 6.73. The average molecular weight is 156 g/mol. The first-order valence-corrected chi connectivity index (χ1v) is 3.54. The Balaban J connectivity index is 2.53. The van der Waals surface area contributed by atoms with Crippen molar-refractivity contribution >= 4 is 6.47 Å². The lowest BCUT2D eigenvalue weighted by molar-refractivity contribution is -0.150. The minimum absolute atomic E-state index is 0.252. The predicted molar refractivity (Wildman–Crippen MR) is 40.2 cm³/mol. The summed E-state index contributed by atoms with van der Waals surface area (Å²) in [6.07, 6.45) is 3.52. The second-order valence-electron chi connectivity index (χ2n) is 2.35. The summed E-state index contributed by atoms with van der Waals surface area (Å²) in [4.78, 5) is 13.8. The summed E-state index contributed by atoms with van der Waals surface area (Å²) in [5, 5.41) is 0. The third kappa shape index (κ3) is 1.45. The van der Waals surface area contributed by atoms with Crippen molar-refractivity contribution in [3.63, 3.8) is 0 Å². The molecule has 0 saturated heterocycles. The first kappa shape index (κ1) is 7.91. The summed E-state index contributed by atoms with van der Waals surface area (Å²) in [6.45, 7) is 3.31. The lowest BCUT2D eigenvalue weighted by atomic mass is 10.6. The molecule has 0 saturated carbocycles. The van der Waals surface area contributed by atoms with E-state index in [0.717, 1.165) is 6.54 Å². The summed E-state index contributed by atoms with van der Waals surface area (Å²) in [7, 11) is 1.86. The van der Waals surface area contributed by atoms with Crippen molar-refractivity contribution in [3.8, 4) is 0 Å². The van der Waals surface area contributed by atoms with Crippen molar-refractivity contribution in [1.29, 1.82) is 0 Å². The van der Waals surface area contributed by atoms with Gasteiger partial charge in [-0.1, -0.05) is 0 Å². The standard InChI is InChI=1S/C7H12N2O2/c1-3-9-5-4-8(2)7(9)11-6-10/h4-7H,3H2,1-2H3. The molecule has 4 heteroatoms. The molecule has 0 N–H and O–H groups in total. The average Bonchev–Trinajstić information content (AvgIpc) is 2.34. The SMILES string of the molecule is CCN1C=CN(C)C1OC=O. The Morgan fingerprint density at radius 3 is 2.91 bits per heavy atom. The number of hydrogen-bond donors (Lipinski definition) is 0. The van der Waals surface area contributed by atoms with Gasteiger partial charge in [0.1, 0.15) is 0 Å². The molecular weight excluding hydrogens is 144 g/mol. The molecule has 0 aromatic carbocycles. The molecule has 1 aliphatic rings. The quantitative estimate of drug-likeness (QED) is 0.546. The Morgan fingerprint density at radius 2 is 2.36 bits per heavy atom. The summed E-state index contributed by atoms with van der Waals surface area (Å²) < 4.78 is 4.83. The highest BCUT2D eigenvalue weighted by molar-refractivity contribution is 5.37. The van der Waals surface area contributed by atoms with Crippen LogP contribution in [-0.2, 0) is 9.53 Å². The molecule has 1 atom stereocenters. The van der Waals surface area contributed by atoms with Crippen LogP contribution < -0.4 is 0 Å². The zero-order valence-corrected chi connectivity index (χ0v) is 6.73. The maximum Gasteiger partial charge on any atom is 0.296 e. The van der Waals surface area contributed by atoms with Gasteiger partial charge in [-0.15, -0.1) is 0 Å². The Bertz CT molecular complexity index is 170. The van der Waals surface area contributed by atoms with Crippen LogP contribution in [0.2, 0.25) is 0 Å². The van der Waals surface area contributed by atoms with Crippen molar-refractivity contribution < 1.29 is 9.53 Å². The first-order chi connectivity index (χ1) is 5.29. The van der Waals surface area contributed by atoms with E-state index < -0.39 is 0 Å². The first-order valence-electron chi connectivity index (χ1n) is 3.54. The van der Waals surface area contributed by atoms with Crippen LogP contribution in [0, 0.1) is 0 Å². The van der Waals surface area contributed by atoms with Crippen LogP contribution in [-0.4, -0.2) is 36.2 Å². The third-order valence-corrected chi connectivity index (χ3v) is 1.67. The predicted octanol–water partition coefficient (Wildman–Crippen LogP) is 0.181. The van der Waals surface area contributed by atoms with Crippen molar-refractivity contribution in [2.45, 2.75) is 13.3 Å². The van der Waals surface area contributed by atoms with Gasteiger partial charge in [0, 0.05) is 26.0 Å². The van der Waals surface area contributed by atoms with E-state index in [0.29, 0.717) is 6.47 Å². The number of rotatable bonds is 3. The van der Waals surface area contributed by atoms with Crippen LogP contribution in [0.4, 0.5) is 0 Å². The van der Waals surface area contributed by atoms with E-state index in [1.165, 1.54) is 0 Å². The molecule has 0 bridgehead atoms. The van der Waals surface area contributed by atoms with Crippen molar-refractivity contribution in [2.24, 2.45) is 0 Å². The zero-order chi connectivity index (χ0) is 8.27. The minimum atomic E-state index is -0.252. The van der Waals surface area contributed by atoms with E-state index in [-0.39, 0.29) is 6.35 Å². The van der Waals surface area contributed by atoms with Crippen LogP contribution in [0.1, 0.15) is 6.92 Å². The van der Waals surface area contributed by atoms with E-state index in [2.05, 4.69) is 0 Å². The topological polar surface area (TPSA) is 32.8 Å². The molecule has 62 valence electrons. The minimum Gasteiger partial charge on any atom is -0.425 e. The molecule has 0 amide bonds. The van der Waals surface area contributed by atoms with Crippen LogP contribution in [0.5, 0.6) is 0 Å². The molecule has 1 unspecified atom stereocenters. The summed E-state index contributed by atoms with van der Waals surface area (Å²) in [5.74, 6) is 0. The number of nitrogens with zero attached hydrogens (tertiary/aromatic N) is 2. The molecule has 4 nitrogen and oxygen atoms in total. The highest BCUT2D eigenvalue weighted by Crippen LogP contribution is 2.12. The lowest BCUT2D eigenvalue weighted by Gasteiger charge is -2.26. The van der Waals surface area contributed by atoms with Gasteiger partial charge in [0.2, 0.25) is 0 Å². The Kier molecular flexibility index (Phi) is 2.36. The number of carbonyl (C=O) groups is 1. The maximum absolute atomic E-state index is 10.1. The summed E-state index contributed by atoms with van der Waals surface area (Å²) in [5.41, 5.74) is 0. The molecule has 1 aliphatic heterocycles. The number of hydrogen-bond acceptors (Lipinski definition) is 4. The van der Waals surface area contributed by atoms with Gasteiger partial charge in [-0.2, -0.15) is 0 Å². The van der Waals surface area contributed by atoms with Gasteiger partial charge in [0.05, 0.1) is 0 Å². The number of ether oxygens (including phenoxy) is 1. The van der Waals surface area contributed by atoms with Crippen molar-refractivity contribution in [3.05, 3.63) is 12.4 Å². The van der Waals surface area contributed by atoms with E-state index in [9.17, 15) is 4.79 Å². The molecular formula is C7H12N2O2. The summed E-state index contributed by atoms with van der Waals surface area (Å²) >= 11 is 0. The van der Waals surface area contributed by atoms with Crippen molar-refractivity contribution in [1.82, 2.24) is 9.80 Å². The summed E-state index contributed by atoms with van der Waals surface area (Å²) in [6, 6.07) is 0. The van der Waals surface area contributed by atoms with Gasteiger partial charge < -0.3 is 14.5 Å². The van der Waals surface area contributed by atoms with Gasteiger partial charge in [-0.25, -0.2) is 0 Å². The molecule has 0 fully saturated rings. The second-order valence-corrected chi connectivity index (χ2v) is 2.35. The van der Waals surface area contributed by atoms with Gasteiger partial charge in [-0.3, -0.25) is 4.79 Å². The van der Waals surface area contributed by atoms with Gasteiger partial charge >= 0.3 is 0 Å². The maximum atomic E-state index is 10.1. The normalized spacial score (nSPS) is 22.5. The molecule has 0 radical (unpaired) electrons. The fourth-order valence-electron chi connectivity index (χ4n) is 1.06. The van der Waals surface area contributed by atoms with Gasteiger partial charge in [0.15, 0.2) is 0 Å². The highest BCUT2D eigenvalue weighted by Gasteiger charge is 2.22. The van der Waals surface area contributed by atoms with E-state index >= 15 is 0 Å². The monoisotopic (exact) mass is 156 g/mol. The molecule has 1 heterocycles. The molecule has 0 aromatic heterocycles. The van der Waals surface area contributed by atoms with E-state index in [4.69, 9.17) is 4.74 Å². The molecule has 11 heavy (non-hydrogen) atoms.